The average Bonchev–Trinajstić information content (AvgIpc) is 2.49. The van der Waals surface area contributed by atoms with Crippen LogP contribution in [0, 0.1) is 11.6 Å². The first-order chi connectivity index (χ1) is 10.3. The monoisotopic (exact) mass is 325 g/mol. The van der Waals surface area contributed by atoms with Gasteiger partial charge in [-0.25, -0.2) is 17.2 Å². The number of hydrogen-bond donors (Lipinski definition) is 1. The molecule has 0 aromatic heterocycles. The molecule has 1 atom stereocenters. The second kappa shape index (κ2) is 6.44. The zero-order valence-corrected chi connectivity index (χ0v) is 13.1. The van der Waals surface area contributed by atoms with Gasteiger partial charge in [0.05, 0.1) is 5.69 Å². The second-order valence-electron chi connectivity index (χ2n) is 5.08. The summed E-state index contributed by atoms with van der Waals surface area (Å²) in [4.78, 5) is -0.702. The normalized spacial score (nSPS) is 12.9. The highest BCUT2D eigenvalue weighted by Crippen LogP contribution is 2.29. The minimum absolute atomic E-state index is 0.135. The molecule has 0 saturated carbocycles. The molecule has 0 aliphatic heterocycles. The molecule has 22 heavy (non-hydrogen) atoms. The summed E-state index contributed by atoms with van der Waals surface area (Å²) in [6.45, 7) is 3.96. The Hall–Kier alpha value is -1.95. The third-order valence-corrected chi connectivity index (χ3v) is 4.91. The lowest BCUT2D eigenvalue weighted by molar-refractivity contribution is 0.555. The van der Waals surface area contributed by atoms with E-state index >= 15 is 0 Å². The number of nitrogens with one attached hydrogen (secondary N) is 1. The predicted molar refractivity (Wildman–Crippen MR) is 82.3 cm³/mol. The zero-order valence-electron chi connectivity index (χ0n) is 12.3. The summed E-state index contributed by atoms with van der Waals surface area (Å²) in [5, 5.41) is 0. The van der Waals surface area contributed by atoms with Crippen LogP contribution in [0.4, 0.5) is 14.5 Å². The van der Waals surface area contributed by atoms with Crippen molar-refractivity contribution in [1.82, 2.24) is 0 Å². The molecule has 0 fully saturated rings. The summed E-state index contributed by atoms with van der Waals surface area (Å²) in [7, 11) is -4.20. The van der Waals surface area contributed by atoms with Crippen molar-refractivity contribution in [2.45, 2.75) is 31.1 Å². The Balaban J connectivity index is 2.44. The standard InChI is InChI=1S/C16H17F2NO2S/c1-3-11(2)13-6-4-5-7-15(13)19-22(20,21)16-10-12(17)8-9-14(16)18/h4-11,19H,3H2,1-2H3. The van der Waals surface area contributed by atoms with Crippen LogP contribution < -0.4 is 4.72 Å². The van der Waals surface area contributed by atoms with Crippen LogP contribution in [0.25, 0.3) is 0 Å². The lowest BCUT2D eigenvalue weighted by Crippen LogP contribution is -2.16. The van der Waals surface area contributed by atoms with E-state index in [-0.39, 0.29) is 5.92 Å². The first kappa shape index (κ1) is 16.4. The molecule has 0 aliphatic carbocycles. The van der Waals surface area contributed by atoms with E-state index in [1.165, 1.54) is 0 Å². The lowest BCUT2D eigenvalue weighted by Gasteiger charge is -2.16. The Morgan fingerprint density at radius 3 is 2.50 bits per heavy atom. The summed E-state index contributed by atoms with van der Waals surface area (Å²) < 4.78 is 53.9. The van der Waals surface area contributed by atoms with Crippen LogP contribution in [0.1, 0.15) is 31.7 Å². The maximum absolute atomic E-state index is 13.7. The summed E-state index contributed by atoms with van der Waals surface area (Å²) in [5.74, 6) is -1.66. The number of para-hydroxylation sites is 1. The van der Waals surface area contributed by atoms with E-state index < -0.39 is 26.6 Å². The minimum Gasteiger partial charge on any atom is -0.279 e. The van der Waals surface area contributed by atoms with Crippen molar-refractivity contribution in [3.8, 4) is 0 Å². The fourth-order valence-corrected chi connectivity index (χ4v) is 3.30. The van der Waals surface area contributed by atoms with E-state index in [0.717, 1.165) is 24.1 Å². The van der Waals surface area contributed by atoms with Gasteiger partial charge in [-0.2, -0.15) is 0 Å². The van der Waals surface area contributed by atoms with Gasteiger partial charge in [-0.1, -0.05) is 32.0 Å². The number of rotatable bonds is 5. The number of halogens is 2. The van der Waals surface area contributed by atoms with Gasteiger partial charge in [0.15, 0.2) is 0 Å². The van der Waals surface area contributed by atoms with Crippen molar-refractivity contribution in [3.05, 3.63) is 59.7 Å². The Bertz CT molecular complexity index is 775. The highest BCUT2D eigenvalue weighted by atomic mass is 32.2. The third kappa shape index (κ3) is 3.44. The molecule has 0 aliphatic rings. The van der Waals surface area contributed by atoms with Gasteiger partial charge in [-0.3, -0.25) is 4.72 Å². The van der Waals surface area contributed by atoms with Crippen molar-refractivity contribution in [1.29, 1.82) is 0 Å². The molecule has 1 unspecified atom stereocenters. The van der Waals surface area contributed by atoms with Crippen LogP contribution in [0.5, 0.6) is 0 Å². The molecule has 2 aromatic rings. The highest BCUT2D eigenvalue weighted by Gasteiger charge is 2.21. The fourth-order valence-electron chi connectivity index (χ4n) is 2.12. The Morgan fingerprint density at radius 2 is 1.82 bits per heavy atom. The average molecular weight is 325 g/mol. The molecule has 2 rings (SSSR count). The molecule has 0 saturated heterocycles. The van der Waals surface area contributed by atoms with Gasteiger partial charge in [0, 0.05) is 0 Å². The van der Waals surface area contributed by atoms with Crippen LogP contribution in [0.3, 0.4) is 0 Å². The molecule has 6 heteroatoms. The predicted octanol–water partition coefficient (Wildman–Crippen LogP) is 4.28. The zero-order chi connectivity index (χ0) is 16.3. The molecule has 0 bridgehead atoms. The Morgan fingerprint density at radius 1 is 1.14 bits per heavy atom. The Kier molecular flexibility index (Phi) is 4.81. The van der Waals surface area contributed by atoms with Crippen molar-refractivity contribution < 1.29 is 17.2 Å². The number of hydrogen-bond acceptors (Lipinski definition) is 2. The molecule has 0 amide bonds. The largest absolute Gasteiger partial charge is 0.279 e. The van der Waals surface area contributed by atoms with Gasteiger partial charge < -0.3 is 0 Å². The van der Waals surface area contributed by atoms with Gasteiger partial charge in [-0.15, -0.1) is 0 Å². The fraction of sp³-hybridized carbons (Fsp3) is 0.250. The minimum atomic E-state index is -4.20. The van der Waals surface area contributed by atoms with Crippen LogP contribution in [-0.4, -0.2) is 8.42 Å². The second-order valence-corrected chi connectivity index (χ2v) is 6.73. The molecule has 118 valence electrons. The van der Waals surface area contributed by atoms with Gasteiger partial charge in [0.1, 0.15) is 16.5 Å². The molecule has 0 heterocycles. The van der Waals surface area contributed by atoms with E-state index in [0.29, 0.717) is 11.8 Å². The van der Waals surface area contributed by atoms with E-state index in [4.69, 9.17) is 0 Å². The molecule has 2 aromatic carbocycles. The third-order valence-electron chi connectivity index (χ3n) is 3.53. The molecule has 3 nitrogen and oxygen atoms in total. The number of benzene rings is 2. The molecular weight excluding hydrogens is 308 g/mol. The highest BCUT2D eigenvalue weighted by molar-refractivity contribution is 7.92. The first-order valence-corrected chi connectivity index (χ1v) is 8.40. The SMILES string of the molecule is CCC(C)c1ccccc1NS(=O)(=O)c1cc(F)ccc1F. The topological polar surface area (TPSA) is 46.2 Å². The van der Waals surface area contributed by atoms with Gasteiger partial charge in [0.25, 0.3) is 10.0 Å². The van der Waals surface area contributed by atoms with Crippen molar-refractivity contribution in [2.75, 3.05) is 4.72 Å². The number of anilines is 1. The lowest BCUT2D eigenvalue weighted by atomic mass is 9.97. The van der Waals surface area contributed by atoms with Crippen molar-refractivity contribution in [2.24, 2.45) is 0 Å². The van der Waals surface area contributed by atoms with Gasteiger partial charge >= 0.3 is 0 Å². The first-order valence-electron chi connectivity index (χ1n) is 6.92. The quantitative estimate of drug-likeness (QED) is 0.892. The van der Waals surface area contributed by atoms with Crippen LogP contribution >= 0.6 is 0 Å². The van der Waals surface area contributed by atoms with E-state index in [9.17, 15) is 17.2 Å². The molecular formula is C16H17F2NO2S. The smallest absolute Gasteiger partial charge is 0.264 e. The van der Waals surface area contributed by atoms with Crippen LogP contribution in [0.2, 0.25) is 0 Å². The van der Waals surface area contributed by atoms with Gasteiger partial charge in [0.2, 0.25) is 0 Å². The maximum atomic E-state index is 13.7. The van der Waals surface area contributed by atoms with Crippen LogP contribution in [0.15, 0.2) is 47.4 Å². The van der Waals surface area contributed by atoms with Crippen LogP contribution in [-0.2, 0) is 10.0 Å². The maximum Gasteiger partial charge on any atom is 0.264 e. The Labute approximate surface area is 129 Å². The molecule has 0 radical (unpaired) electrons. The van der Waals surface area contributed by atoms with E-state index in [1.54, 1.807) is 12.1 Å². The van der Waals surface area contributed by atoms with Gasteiger partial charge in [-0.05, 0) is 42.2 Å². The summed E-state index contributed by atoms with van der Waals surface area (Å²) in [5.41, 5.74) is 1.19. The van der Waals surface area contributed by atoms with Crippen molar-refractivity contribution >= 4 is 15.7 Å². The number of sulfonamides is 1. The van der Waals surface area contributed by atoms with E-state index in [1.807, 2.05) is 26.0 Å². The summed E-state index contributed by atoms with van der Waals surface area (Å²) in [6.07, 6.45) is 0.826. The van der Waals surface area contributed by atoms with E-state index in [2.05, 4.69) is 4.72 Å². The molecule has 1 N–H and O–H groups in total. The summed E-state index contributed by atoms with van der Waals surface area (Å²) in [6, 6.07) is 9.26. The van der Waals surface area contributed by atoms with Crippen molar-refractivity contribution in [3.63, 3.8) is 0 Å². The molecule has 0 spiro atoms. The summed E-state index contributed by atoms with van der Waals surface area (Å²) >= 11 is 0.